The van der Waals surface area contributed by atoms with E-state index in [-0.39, 0.29) is 0 Å². The molecule has 3 aromatic heterocycles. The monoisotopic (exact) mass is 315 g/mol. The van der Waals surface area contributed by atoms with Crippen molar-refractivity contribution in [3.8, 4) is 0 Å². The van der Waals surface area contributed by atoms with Gasteiger partial charge in [-0.3, -0.25) is 15.0 Å². The number of nitrogens with zero attached hydrogens (tertiary/aromatic N) is 5. The Balaban J connectivity index is 1.52. The van der Waals surface area contributed by atoms with Gasteiger partial charge in [0.1, 0.15) is 0 Å². The van der Waals surface area contributed by atoms with Crippen LogP contribution >= 0.6 is 0 Å². The molecule has 24 heavy (non-hydrogen) atoms. The molecule has 2 aliphatic rings. The van der Waals surface area contributed by atoms with Gasteiger partial charge in [0, 0.05) is 49.3 Å². The van der Waals surface area contributed by atoms with Gasteiger partial charge in [0.05, 0.1) is 23.8 Å². The van der Waals surface area contributed by atoms with E-state index in [2.05, 4.69) is 43.0 Å². The first-order valence-corrected chi connectivity index (χ1v) is 8.26. The van der Waals surface area contributed by atoms with Gasteiger partial charge in [-0.2, -0.15) is 0 Å². The lowest BCUT2D eigenvalue weighted by Gasteiger charge is -2.23. The van der Waals surface area contributed by atoms with Crippen LogP contribution in [0.2, 0.25) is 0 Å². The third kappa shape index (κ3) is 2.05. The molecule has 0 unspecified atom stereocenters. The highest BCUT2D eigenvalue weighted by Gasteiger charge is 2.24. The first-order chi connectivity index (χ1) is 11.9. The minimum atomic E-state index is 0.979. The lowest BCUT2D eigenvalue weighted by molar-refractivity contribution is 0.974. The number of pyridine rings is 3. The highest BCUT2D eigenvalue weighted by atomic mass is 15.2. The summed E-state index contributed by atoms with van der Waals surface area (Å²) in [6.07, 6.45) is 13.6. The molecule has 3 aromatic rings. The maximum Gasteiger partial charge on any atom is 0.0618 e. The fraction of sp³-hybridized carbons (Fsp3) is 0.211. The van der Waals surface area contributed by atoms with Crippen LogP contribution in [0.4, 0.5) is 22.7 Å². The lowest BCUT2D eigenvalue weighted by atomic mass is 10.2. The second kappa shape index (κ2) is 5.30. The Hall–Kier alpha value is -2.95. The summed E-state index contributed by atoms with van der Waals surface area (Å²) in [4.78, 5) is 17.6. The first kappa shape index (κ1) is 13.5. The van der Waals surface area contributed by atoms with Crippen molar-refractivity contribution in [2.75, 3.05) is 22.9 Å². The molecule has 5 rings (SSSR count). The second-order valence-corrected chi connectivity index (χ2v) is 6.21. The molecule has 0 aromatic carbocycles. The molecule has 0 spiro atoms. The van der Waals surface area contributed by atoms with Crippen LogP contribution in [0, 0.1) is 0 Å². The van der Waals surface area contributed by atoms with Crippen LogP contribution in [0.3, 0.4) is 0 Å². The molecule has 5 heterocycles. The topological polar surface area (TPSA) is 45.2 Å². The van der Waals surface area contributed by atoms with E-state index < -0.39 is 0 Å². The van der Waals surface area contributed by atoms with E-state index in [4.69, 9.17) is 0 Å². The van der Waals surface area contributed by atoms with Gasteiger partial charge in [-0.1, -0.05) is 0 Å². The first-order valence-electron chi connectivity index (χ1n) is 8.26. The largest absolute Gasteiger partial charge is 0.340 e. The molecule has 0 saturated heterocycles. The summed E-state index contributed by atoms with van der Waals surface area (Å²) >= 11 is 0. The number of aromatic nitrogens is 3. The number of anilines is 4. The molecule has 0 aliphatic carbocycles. The summed E-state index contributed by atoms with van der Waals surface area (Å²) in [5.41, 5.74) is 7.38. The quantitative estimate of drug-likeness (QED) is 0.726. The highest BCUT2D eigenvalue weighted by molar-refractivity contribution is 5.75. The maximum atomic E-state index is 4.51. The normalized spacial score (nSPS) is 15.5. The number of rotatable bonds is 2. The third-order valence-corrected chi connectivity index (χ3v) is 4.88. The van der Waals surface area contributed by atoms with Crippen molar-refractivity contribution < 1.29 is 0 Å². The minimum Gasteiger partial charge on any atom is -0.340 e. The highest BCUT2D eigenvalue weighted by Crippen LogP contribution is 2.38. The molecular weight excluding hydrogens is 298 g/mol. The summed E-state index contributed by atoms with van der Waals surface area (Å²) in [5.74, 6) is 0. The molecule has 0 amide bonds. The Morgan fingerprint density at radius 3 is 1.75 bits per heavy atom. The van der Waals surface area contributed by atoms with Crippen LogP contribution in [0.15, 0.2) is 55.4 Å². The van der Waals surface area contributed by atoms with Crippen molar-refractivity contribution in [2.45, 2.75) is 12.8 Å². The third-order valence-electron chi connectivity index (χ3n) is 4.88. The van der Waals surface area contributed by atoms with Gasteiger partial charge in [0.2, 0.25) is 0 Å². The molecular formula is C19H17N5. The lowest BCUT2D eigenvalue weighted by Crippen LogP contribution is -2.17. The van der Waals surface area contributed by atoms with Crippen molar-refractivity contribution in [3.63, 3.8) is 0 Å². The Morgan fingerprint density at radius 2 is 1.21 bits per heavy atom. The summed E-state index contributed by atoms with van der Waals surface area (Å²) in [5, 5.41) is 0. The van der Waals surface area contributed by atoms with Crippen molar-refractivity contribution in [1.29, 1.82) is 0 Å². The smallest absolute Gasteiger partial charge is 0.0618 e. The van der Waals surface area contributed by atoms with Gasteiger partial charge >= 0.3 is 0 Å². The van der Waals surface area contributed by atoms with Crippen molar-refractivity contribution in [3.05, 3.63) is 66.5 Å². The molecule has 118 valence electrons. The van der Waals surface area contributed by atoms with Crippen LogP contribution in [0.25, 0.3) is 0 Å². The summed E-state index contributed by atoms with van der Waals surface area (Å²) < 4.78 is 0. The number of hydrogen-bond donors (Lipinski definition) is 0. The Kier molecular flexibility index (Phi) is 2.98. The molecule has 0 N–H and O–H groups in total. The van der Waals surface area contributed by atoms with Gasteiger partial charge in [0.25, 0.3) is 0 Å². The average Bonchev–Trinajstić information content (AvgIpc) is 3.26. The van der Waals surface area contributed by atoms with Gasteiger partial charge in [0.15, 0.2) is 0 Å². The SMILES string of the molecule is c1cc2c(cn1)CCN2c1cncc(N2CCc3cnccc32)c1. The zero-order chi connectivity index (χ0) is 15.9. The van der Waals surface area contributed by atoms with Crippen LogP contribution in [-0.4, -0.2) is 28.0 Å². The predicted octanol–water partition coefficient (Wildman–Crippen LogP) is 3.26. The molecule has 2 aliphatic heterocycles. The van der Waals surface area contributed by atoms with Crippen LogP contribution in [0.5, 0.6) is 0 Å². The molecule has 5 nitrogen and oxygen atoms in total. The van der Waals surface area contributed by atoms with E-state index in [1.54, 1.807) is 0 Å². The van der Waals surface area contributed by atoms with Crippen molar-refractivity contribution >= 4 is 22.7 Å². The summed E-state index contributed by atoms with van der Waals surface area (Å²) in [6.45, 7) is 1.96. The van der Waals surface area contributed by atoms with Gasteiger partial charge in [-0.05, 0) is 42.2 Å². The van der Waals surface area contributed by atoms with E-state index in [1.807, 2.05) is 37.2 Å². The van der Waals surface area contributed by atoms with E-state index in [0.29, 0.717) is 0 Å². The van der Waals surface area contributed by atoms with E-state index in [9.17, 15) is 0 Å². The molecule has 0 radical (unpaired) electrons. The molecule has 0 atom stereocenters. The molecule has 5 heteroatoms. The predicted molar refractivity (Wildman–Crippen MR) is 94.1 cm³/mol. The zero-order valence-electron chi connectivity index (χ0n) is 13.3. The van der Waals surface area contributed by atoms with Gasteiger partial charge in [-0.15, -0.1) is 0 Å². The summed E-state index contributed by atoms with van der Waals surface area (Å²) in [6, 6.07) is 6.41. The van der Waals surface area contributed by atoms with Crippen LogP contribution in [-0.2, 0) is 12.8 Å². The molecule has 0 saturated carbocycles. The van der Waals surface area contributed by atoms with E-state index in [0.717, 1.165) is 37.3 Å². The number of fused-ring (bicyclic) bond motifs is 2. The van der Waals surface area contributed by atoms with Crippen LogP contribution in [0.1, 0.15) is 11.1 Å². The van der Waals surface area contributed by atoms with Gasteiger partial charge < -0.3 is 9.80 Å². The second-order valence-electron chi connectivity index (χ2n) is 6.21. The summed E-state index contributed by atoms with van der Waals surface area (Å²) in [7, 11) is 0. The Bertz CT molecular complexity index is 837. The fourth-order valence-electron chi connectivity index (χ4n) is 3.70. The Morgan fingerprint density at radius 1 is 0.667 bits per heavy atom. The average molecular weight is 315 g/mol. The molecule has 0 bridgehead atoms. The maximum absolute atomic E-state index is 4.51. The van der Waals surface area contributed by atoms with Gasteiger partial charge in [-0.25, -0.2) is 0 Å². The van der Waals surface area contributed by atoms with Crippen molar-refractivity contribution in [1.82, 2.24) is 15.0 Å². The molecule has 0 fully saturated rings. The standard InChI is InChI=1S/C19H17N5/c1-5-20-10-14-3-7-23(18(1)14)16-9-17(13-22-12-16)24-8-4-15-11-21-6-2-19(15)24/h1-2,5-6,9-13H,3-4,7-8H2. The van der Waals surface area contributed by atoms with E-state index >= 15 is 0 Å². The van der Waals surface area contributed by atoms with Crippen LogP contribution < -0.4 is 9.80 Å². The fourth-order valence-corrected chi connectivity index (χ4v) is 3.70. The Labute approximate surface area is 140 Å². The van der Waals surface area contributed by atoms with Crippen molar-refractivity contribution in [2.24, 2.45) is 0 Å². The zero-order valence-corrected chi connectivity index (χ0v) is 13.3. The number of hydrogen-bond acceptors (Lipinski definition) is 5. The van der Waals surface area contributed by atoms with E-state index in [1.165, 1.54) is 22.5 Å². The minimum absolute atomic E-state index is 0.979.